The van der Waals surface area contributed by atoms with E-state index in [-0.39, 0.29) is 5.69 Å². The van der Waals surface area contributed by atoms with E-state index >= 15 is 0 Å². The molecule has 0 spiro atoms. The summed E-state index contributed by atoms with van der Waals surface area (Å²) in [7, 11) is 2.96. The van der Waals surface area contributed by atoms with Crippen LogP contribution in [0.5, 0.6) is 0 Å². The summed E-state index contributed by atoms with van der Waals surface area (Å²) >= 11 is 0. The Kier molecular flexibility index (Phi) is 2.67. The van der Waals surface area contributed by atoms with Crippen molar-refractivity contribution in [3.63, 3.8) is 0 Å². The fourth-order valence-electron chi connectivity index (χ4n) is 1.07. The monoisotopic (exact) mass is 184 g/mol. The van der Waals surface area contributed by atoms with Crippen molar-refractivity contribution in [3.05, 3.63) is 17.5 Å². The number of methoxy groups -OCH3 is 1. The molecular formula is C8H12N2O3. The van der Waals surface area contributed by atoms with Gasteiger partial charge in [-0.3, -0.25) is 4.68 Å². The molecule has 5 nitrogen and oxygen atoms in total. The fourth-order valence-corrected chi connectivity index (χ4v) is 1.07. The normalized spacial score (nSPS) is 12.6. The molecule has 0 radical (unpaired) electrons. The lowest BCUT2D eigenvalue weighted by Crippen LogP contribution is -2.07. The summed E-state index contributed by atoms with van der Waals surface area (Å²) in [5, 5.41) is 13.2. The van der Waals surface area contributed by atoms with Gasteiger partial charge in [-0.25, -0.2) is 4.79 Å². The Bertz CT molecular complexity index is 317. The Morgan fingerprint density at radius 3 is 2.85 bits per heavy atom. The summed E-state index contributed by atoms with van der Waals surface area (Å²) < 4.78 is 5.98. The summed E-state index contributed by atoms with van der Waals surface area (Å²) in [5.74, 6) is -0.531. The van der Waals surface area contributed by atoms with Crippen LogP contribution in [0.2, 0.25) is 0 Å². The smallest absolute Gasteiger partial charge is 0.358 e. The molecule has 0 amide bonds. The van der Waals surface area contributed by atoms with Gasteiger partial charge in [0.05, 0.1) is 13.2 Å². The van der Waals surface area contributed by atoms with Crippen molar-refractivity contribution in [1.82, 2.24) is 9.78 Å². The van der Waals surface area contributed by atoms with Gasteiger partial charge in [0.25, 0.3) is 0 Å². The Hall–Kier alpha value is -1.36. The summed E-state index contributed by atoms with van der Waals surface area (Å²) in [6.45, 7) is 1.57. The number of ether oxygens (including phenoxy) is 1. The van der Waals surface area contributed by atoms with Crippen molar-refractivity contribution in [1.29, 1.82) is 0 Å². The lowest BCUT2D eigenvalue weighted by atomic mass is 10.1. The van der Waals surface area contributed by atoms with Gasteiger partial charge in [0, 0.05) is 18.8 Å². The van der Waals surface area contributed by atoms with Crippen LogP contribution in [0.25, 0.3) is 0 Å². The third kappa shape index (κ3) is 1.86. The van der Waals surface area contributed by atoms with Gasteiger partial charge < -0.3 is 9.84 Å². The number of aliphatic hydroxyl groups excluding tert-OH is 1. The molecule has 1 aromatic rings. The van der Waals surface area contributed by atoms with E-state index in [1.807, 2.05) is 0 Å². The van der Waals surface area contributed by atoms with Gasteiger partial charge in [-0.2, -0.15) is 5.10 Å². The van der Waals surface area contributed by atoms with Gasteiger partial charge in [0.1, 0.15) is 0 Å². The number of esters is 1. The van der Waals surface area contributed by atoms with Gasteiger partial charge in [0.2, 0.25) is 0 Å². The average molecular weight is 184 g/mol. The highest BCUT2D eigenvalue weighted by atomic mass is 16.5. The van der Waals surface area contributed by atoms with Crippen LogP contribution in [0.1, 0.15) is 29.1 Å². The number of carbonyl (C=O) groups excluding carboxylic acids is 1. The zero-order valence-electron chi connectivity index (χ0n) is 7.81. The first-order valence-electron chi connectivity index (χ1n) is 3.86. The third-order valence-corrected chi connectivity index (χ3v) is 1.69. The van der Waals surface area contributed by atoms with E-state index in [0.29, 0.717) is 5.56 Å². The molecule has 5 heteroatoms. The van der Waals surface area contributed by atoms with E-state index in [0.717, 1.165) is 0 Å². The minimum Gasteiger partial charge on any atom is -0.464 e. The first-order chi connectivity index (χ1) is 6.06. The number of rotatable bonds is 2. The zero-order valence-corrected chi connectivity index (χ0v) is 7.81. The van der Waals surface area contributed by atoms with Crippen LogP contribution < -0.4 is 0 Å². The maximum atomic E-state index is 11.1. The molecule has 0 saturated heterocycles. The highest BCUT2D eigenvalue weighted by Gasteiger charge is 2.19. The van der Waals surface area contributed by atoms with Gasteiger partial charge in [-0.05, 0) is 6.92 Å². The van der Waals surface area contributed by atoms with E-state index in [4.69, 9.17) is 0 Å². The lowest BCUT2D eigenvalue weighted by Gasteiger charge is -2.01. The van der Waals surface area contributed by atoms with Crippen LogP contribution in [0, 0.1) is 0 Å². The minimum atomic E-state index is -0.720. The molecule has 0 fully saturated rings. The topological polar surface area (TPSA) is 64.3 Å². The van der Waals surface area contributed by atoms with E-state index in [1.54, 1.807) is 20.2 Å². The molecule has 0 aliphatic rings. The van der Waals surface area contributed by atoms with Crippen LogP contribution in [-0.4, -0.2) is 28.0 Å². The Morgan fingerprint density at radius 1 is 1.77 bits per heavy atom. The summed E-state index contributed by atoms with van der Waals surface area (Å²) in [4.78, 5) is 11.1. The third-order valence-electron chi connectivity index (χ3n) is 1.69. The van der Waals surface area contributed by atoms with Gasteiger partial charge in [-0.1, -0.05) is 0 Å². The maximum absolute atomic E-state index is 11.1. The van der Waals surface area contributed by atoms with E-state index in [9.17, 15) is 9.90 Å². The van der Waals surface area contributed by atoms with Crippen molar-refractivity contribution >= 4 is 5.97 Å². The molecule has 1 rings (SSSR count). The predicted molar refractivity (Wildman–Crippen MR) is 45.2 cm³/mol. The summed E-state index contributed by atoms with van der Waals surface area (Å²) in [6, 6.07) is 0. The molecular weight excluding hydrogens is 172 g/mol. The van der Waals surface area contributed by atoms with Crippen molar-refractivity contribution < 1.29 is 14.6 Å². The highest BCUT2D eigenvalue weighted by Crippen LogP contribution is 2.16. The number of aryl methyl sites for hydroxylation is 1. The van der Waals surface area contributed by atoms with Crippen molar-refractivity contribution in [3.8, 4) is 0 Å². The second kappa shape index (κ2) is 3.57. The fraction of sp³-hybridized carbons (Fsp3) is 0.500. The quantitative estimate of drug-likeness (QED) is 0.669. The van der Waals surface area contributed by atoms with E-state index < -0.39 is 12.1 Å². The molecule has 0 saturated carbocycles. The molecule has 1 atom stereocenters. The summed E-state index contributed by atoms with van der Waals surface area (Å²) in [6.07, 6.45) is 0.875. The maximum Gasteiger partial charge on any atom is 0.358 e. The van der Waals surface area contributed by atoms with Gasteiger partial charge in [-0.15, -0.1) is 0 Å². The minimum absolute atomic E-state index is 0.167. The van der Waals surface area contributed by atoms with Crippen molar-refractivity contribution in [2.24, 2.45) is 7.05 Å². The molecule has 1 heterocycles. The second-order valence-corrected chi connectivity index (χ2v) is 2.77. The van der Waals surface area contributed by atoms with Crippen LogP contribution in [0.4, 0.5) is 0 Å². The number of hydrogen-bond donors (Lipinski definition) is 1. The number of nitrogens with zero attached hydrogens (tertiary/aromatic N) is 2. The zero-order chi connectivity index (χ0) is 10.0. The molecule has 0 unspecified atom stereocenters. The molecule has 0 aromatic carbocycles. The number of carbonyl (C=O) groups is 1. The molecule has 0 aliphatic heterocycles. The lowest BCUT2D eigenvalue weighted by molar-refractivity contribution is 0.0587. The predicted octanol–water partition coefficient (Wildman–Crippen LogP) is 0.260. The molecule has 1 aromatic heterocycles. The largest absolute Gasteiger partial charge is 0.464 e. The number of hydrogen-bond acceptors (Lipinski definition) is 4. The van der Waals surface area contributed by atoms with E-state index in [1.165, 1.54) is 11.8 Å². The molecule has 0 aliphatic carbocycles. The van der Waals surface area contributed by atoms with Crippen LogP contribution >= 0.6 is 0 Å². The molecule has 13 heavy (non-hydrogen) atoms. The van der Waals surface area contributed by atoms with Crippen LogP contribution in [0.3, 0.4) is 0 Å². The molecule has 72 valence electrons. The second-order valence-electron chi connectivity index (χ2n) is 2.77. The highest BCUT2D eigenvalue weighted by molar-refractivity contribution is 5.88. The van der Waals surface area contributed by atoms with Crippen LogP contribution in [-0.2, 0) is 11.8 Å². The Labute approximate surface area is 75.9 Å². The standard InChI is InChI=1S/C8H12N2O3/c1-5(11)6-4-10(2)9-7(6)8(12)13-3/h4-5,11H,1-3H3/t5-/m0/s1. The van der Waals surface area contributed by atoms with Crippen molar-refractivity contribution in [2.45, 2.75) is 13.0 Å². The molecule has 1 N–H and O–H groups in total. The van der Waals surface area contributed by atoms with Gasteiger partial charge in [0.15, 0.2) is 5.69 Å². The average Bonchev–Trinajstić information content (AvgIpc) is 2.46. The summed E-state index contributed by atoms with van der Waals surface area (Å²) in [5.41, 5.74) is 0.648. The number of aromatic nitrogens is 2. The van der Waals surface area contributed by atoms with E-state index in [2.05, 4.69) is 9.84 Å². The first-order valence-corrected chi connectivity index (χ1v) is 3.86. The van der Waals surface area contributed by atoms with Crippen LogP contribution in [0.15, 0.2) is 6.20 Å². The number of aliphatic hydroxyl groups is 1. The van der Waals surface area contributed by atoms with Gasteiger partial charge >= 0.3 is 5.97 Å². The SMILES string of the molecule is COC(=O)c1nn(C)cc1[C@H](C)O. The first kappa shape index (κ1) is 9.73. The van der Waals surface area contributed by atoms with Crippen molar-refractivity contribution in [2.75, 3.05) is 7.11 Å². The Morgan fingerprint density at radius 2 is 2.38 bits per heavy atom. The Balaban J connectivity index is 3.11. The molecule has 0 bridgehead atoms.